The first-order chi connectivity index (χ1) is 10.2. The summed E-state index contributed by atoms with van der Waals surface area (Å²) in [4.78, 5) is 18.4. The van der Waals surface area contributed by atoms with Crippen LogP contribution in [0.4, 0.5) is 11.5 Å². The minimum absolute atomic E-state index is 0.116. The zero-order valence-electron chi connectivity index (χ0n) is 11.7. The van der Waals surface area contributed by atoms with E-state index in [-0.39, 0.29) is 10.6 Å². The molecule has 0 aliphatic carbocycles. The van der Waals surface area contributed by atoms with Gasteiger partial charge in [-0.3, -0.25) is 10.1 Å². The number of thiophene rings is 1. The summed E-state index contributed by atoms with van der Waals surface area (Å²) in [6.45, 7) is 3.16. The lowest BCUT2D eigenvalue weighted by Gasteiger charge is -2.27. The van der Waals surface area contributed by atoms with E-state index in [0.29, 0.717) is 17.9 Å². The maximum absolute atomic E-state index is 11.3. The predicted molar refractivity (Wildman–Crippen MR) is 84.8 cm³/mol. The molecule has 0 aromatic carbocycles. The van der Waals surface area contributed by atoms with Crippen LogP contribution in [-0.4, -0.2) is 23.0 Å². The highest BCUT2D eigenvalue weighted by Gasteiger charge is 2.25. The Kier molecular flexibility index (Phi) is 3.70. The molecule has 2 aromatic rings. The van der Waals surface area contributed by atoms with Gasteiger partial charge in [0.25, 0.3) is 0 Å². The van der Waals surface area contributed by atoms with Crippen molar-refractivity contribution in [3.05, 3.63) is 56.4 Å². The third-order valence-electron chi connectivity index (χ3n) is 3.64. The van der Waals surface area contributed by atoms with Gasteiger partial charge in [-0.05, 0) is 36.4 Å². The molecule has 0 spiro atoms. The van der Waals surface area contributed by atoms with Gasteiger partial charge in [-0.1, -0.05) is 12.1 Å². The Balaban J connectivity index is 1.88. The number of hydrogen-bond acceptors (Lipinski definition) is 5. The molecule has 3 heterocycles. The van der Waals surface area contributed by atoms with Crippen LogP contribution in [0.2, 0.25) is 0 Å². The maximum atomic E-state index is 11.3. The Morgan fingerprint density at radius 1 is 1.43 bits per heavy atom. The van der Waals surface area contributed by atoms with Crippen LogP contribution >= 0.6 is 11.3 Å². The average Bonchev–Trinajstić information content (AvgIpc) is 3.01. The van der Waals surface area contributed by atoms with E-state index >= 15 is 0 Å². The van der Waals surface area contributed by atoms with Gasteiger partial charge in [-0.25, -0.2) is 4.98 Å². The van der Waals surface area contributed by atoms with E-state index in [1.165, 1.54) is 10.5 Å². The fraction of sp³-hybridized carbons (Fsp3) is 0.267. The van der Waals surface area contributed by atoms with Gasteiger partial charge in [0.15, 0.2) is 0 Å². The van der Waals surface area contributed by atoms with Crippen LogP contribution in [0.15, 0.2) is 35.9 Å². The smallest absolute Gasteiger partial charge is 0.314 e. The number of aryl methyl sites for hydroxylation is 1. The molecule has 0 unspecified atom stereocenters. The van der Waals surface area contributed by atoms with Crippen molar-refractivity contribution >= 4 is 28.4 Å². The molecular weight excluding hydrogens is 286 g/mol. The fourth-order valence-corrected chi connectivity index (χ4v) is 3.34. The van der Waals surface area contributed by atoms with Gasteiger partial charge in [0.2, 0.25) is 5.82 Å². The van der Waals surface area contributed by atoms with Crippen molar-refractivity contribution in [3.8, 4) is 0 Å². The highest BCUT2D eigenvalue weighted by molar-refractivity contribution is 7.11. The van der Waals surface area contributed by atoms with Crippen LogP contribution < -0.4 is 4.90 Å². The lowest BCUT2D eigenvalue weighted by Crippen LogP contribution is -2.29. The van der Waals surface area contributed by atoms with Crippen molar-refractivity contribution in [1.82, 2.24) is 4.98 Å². The normalized spacial score (nSPS) is 14.9. The number of pyridine rings is 1. The van der Waals surface area contributed by atoms with Crippen molar-refractivity contribution < 1.29 is 4.92 Å². The Hall–Kier alpha value is -2.21. The number of rotatable bonds is 3. The first-order valence-corrected chi connectivity index (χ1v) is 7.62. The van der Waals surface area contributed by atoms with Crippen LogP contribution in [-0.2, 0) is 0 Å². The topological polar surface area (TPSA) is 59.3 Å². The highest BCUT2D eigenvalue weighted by atomic mass is 32.1. The van der Waals surface area contributed by atoms with Gasteiger partial charge >= 0.3 is 5.69 Å². The Bertz CT molecular complexity index is 695. The van der Waals surface area contributed by atoms with Crippen LogP contribution in [0.3, 0.4) is 0 Å². The van der Waals surface area contributed by atoms with Crippen molar-refractivity contribution in [2.24, 2.45) is 0 Å². The molecular formula is C15H15N3O2S. The van der Waals surface area contributed by atoms with Gasteiger partial charge < -0.3 is 4.90 Å². The minimum atomic E-state index is -0.337. The van der Waals surface area contributed by atoms with Crippen LogP contribution in [0.5, 0.6) is 0 Å². The number of aromatic nitrogens is 1. The molecule has 0 saturated carbocycles. The molecule has 1 aliphatic heterocycles. The second-order valence-electron chi connectivity index (χ2n) is 4.96. The second-order valence-corrected chi connectivity index (χ2v) is 5.91. The summed E-state index contributed by atoms with van der Waals surface area (Å²) < 4.78 is 0. The third kappa shape index (κ3) is 2.67. The van der Waals surface area contributed by atoms with Gasteiger partial charge in [0.05, 0.1) is 4.92 Å². The van der Waals surface area contributed by atoms with E-state index in [0.717, 1.165) is 13.0 Å². The van der Waals surface area contributed by atoms with Crippen LogP contribution in [0.1, 0.15) is 16.9 Å². The summed E-state index contributed by atoms with van der Waals surface area (Å²) in [5, 5.41) is 13.3. The van der Waals surface area contributed by atoms with E-state index in [1.54, 1.807) is 30.5 Å². The Morgan fingerprint density at radius 2 is 2.29 bits per heavy atom. The summed E-state index contributed by atoms with van der Waals surface area (Å²) in [7, 11) is 0. The fourth-order valence-electron chi connectivity index (χ4n) is 2.54. The zero-order valence-corrected chi connectivity index (χ0v) is 12.5. The monoisotopic (exact) mass is 301 g/mol. The minimum Gasteiger partial charge on any atom is -0.347 e. The zero-order chi connectivity index (χ0) is 14.8. The molecule has 1 aliphatic rings. The summed E-state index contributed by atoms with van der Waals surface area (Å²) in [6, 6.07) is 5.83. The second kappa shape index (κ2) is 5.65. The number of hydrogen-bond donors (Lipinski definition) is 0. The average molecular weight is 301 g/mol. The molecule has 0 atom stereocenters. The molecule has 3 rings (SSSR count). The number of nitro groups is 1. The third-order valence-corrected chi connectivity index (χ3v) is 4.58. The molecule has 0 amide bonds. The van der Waals surface area contributed by atoms with Gasteiger partial charge in [-0.15, -0.1) is 11.3 Å². The van der Waals surface area contributed by atoms with Gasteiger partial charge in [0, 0.05) is 29.7 Å². The van der Waals surface area contributed by atoms with Gasteiger partial charge in [0.1, 0.15) is 0 Å². The standard InChI is InChI=1S/C15H15N3O2S/c1-11-4-7-16-15(14(11)18(19)20)17-8-5-12(6-9-17)13-3-2-10-21-13/h2-5,7,10H,6,8-9H2,1H3. The summed E-state index contributed by atoms with van der Waals surface area (Å²) in [6.07, 6.45) is 4.66. The molecule has 0 radical (unpaired) electrons. The van der Waals surface area contributed by atoms with E-state index < -0.39 is 0 Å². The van der Waals surface area contributed by atoms with Gasteiger partial charge in [-0.2, -0.15) is 0 Å². The van der Waals surface area contributed by atoms with Crippen LogP contribution in [0.25, 0.3) is 5.57 Å². The first-order valence-electron chi connectivity index (χ1n) is 6.74. The molecule has 0 bridgehead atoms. The Labute approximate surface area is 126 Å². The maximum Gasteiger partial charge on any atom is 0.314 e. The van der Waals surface area contributed by atoms with E-state index in [4.69, 9.17) is 0 Å². The summed E-state index contributed by atoms with van der Waals surface area (Å²) in [5.74, 6) is 0.474. The lowest BCUT2D eigenvalue weighted by molar-refractivity contribution is -0.384. The van der Waals surface area contributed by atoms with E-state index in [9.17, 15) is 10.1 Å². The number of anilines is 1. The molecule has 2 aromatic heterocycles. The van der Waals surface area contributed by atoms with E-state index in [1.807, 2.05) is 11.0 Å². The quantitative estimate of drug-likeness (QED) is 0.641. The van der Waals surface area contributed by atoms with Crippen LogP contribution in [0, 0.1) is 17.0 Å². The van der Waals surface area contributed by atoms with Crippen molar-refractivity contribution in [1.29, 1.82) is 0 Å². The lowest BCUT2D eigenvalue weighted by atomic mass is 10.1. The highest BCUT2D eigenvalue weighted by Crippen LogP contribution is 2.33. The molecule has 0 N–H and O–H groups in total. The first kappa shape index (κ1) is 13.8. The molecule has 5 nitrogen and oxygen atoms in total. The van der Waals surface area contributed by atoms with Crippen molar-refractivity contribution in [3.63, 3.8) is 0 Å². The van der Waals surface area contributed by atoms with Crippen molar-refractivity contribution in [2.75, 3.05) is 18.0 Å². The summed E-state index contributed by atoms with van der Waals surface area (Å²) >= 11 is 1.73. The van der Waals surface area contributed by atoms with Crippen molar-refractivity contribution in [2.45, 2.75) is 13.3 Å². The van der Waals surface area contributed by atoms with E-state index in [2.05, 4.69) is 22.5 Å². The molecule has 0 saturated heterocycles. The largest absolute Gasteiger partial charge is 0.347 e. The molecule has 108 valence electrons. The number of nitrogens with zero attached hydrogens (tertiary/aromatic N) is 3. The Morgan fingerprint density at radius 3 is 2.90 bits per heavy atom. The molecule has 6 heteroatoms. The summed E-state index contributed by atoms with van der Waals surface area (Å²) in [5.41, 5.74) is 2.08. The molecule has 0 fully saturated rings. The SMILES string of the molecule is Cc1ccnc(N2CC=C(c3cccs3)CC2)c1[N+](=O)[O-]. The molecule has 21 heavy (non-hydrogen) atoms. The predicted octanol–water partition coefficient (Wildman–Crippen LogP) is 3.65.